The lowest BCUT2D eigenvalue weighted by Gasteiger charge is -2.57. The Kier molecular flexibility index (Phi) is 8.07. The van der Waals surface area contributed by atoms with Crippen LogP contribution in [0.1, 0.15) is 32.3 Å². The van der Waals surface area contributed by atoms with Crippen molar-refractivity contribution in [3.63, 3.8) is 0 Å². The monoisotopic (exact) mass is 705 g/mol. The topological polar surface area (TPSA) is 24.7 Å². The Balaban J connectivity index is 0.00000272. The third kappa shape index (κ3) is 5.61. The average molecular weight is 706 g/mol. The number of likely N-dealkylation sites (N-methyl/N-ethyl adjacent to an activating group) is 1. The van der Waals surface area contributed by atoms with E-state index in [2.05, 4.69) is 94.9 Å². The Bertz CT molecular complexity index is 1010. The van der Waals surface area contributed by atoms with Gasteiger partial charge in [-0.1, -0.05) is 32.1 Å². The van der Waals surface area contributed by atoms with Crippen molar-refractivity contribution in [3.8, 4) is 0 Å². The van der Waals surface area contributed by atoms with Crippen molar-refractivity contribution in [2.45, 2.75) is 33.2 Å². The maximum absolute atomic E-state index is 4.50. The first-order valence-corrected chi connectivity index (χ1v) is 12.5. The van der Waals surface area contributed by atoms with Crippen LogP contribution in [0.25, 0.3) is 0 Å². The zero-order valence-corrected chi connectivity index (χ0v) is 24.5. The zero-order valence-electron chi connectivity index (χ0n) is 18.6. The Labute approximate surface area is 225 Å². The fraction of sp³-hybridized carbons (Fsp3) is 0.440. The second-order valence-electron chi connectivity index (χ2n) is 10.0. The second kappa shape index (κ2) is 9.89. The summed E-state index contributed by atoms with van der Waals surface area (Å²) in [5.41, 5.74) is 5.25. The van der Waals surface area contributed by atoms with Crippen molar-refractivity contribution in [1.29, 1.82) is 0 Å². The Morgan fingerprint density at radius 2 is 1.84 bits per heavy atom. The van der Waals surface area contributed by atoms with Gasteiger partial charge in [0.1, 0.15) is 13.1 Å². The summed E-state index contributed by atoms with van der Waals surface area (Å²) in [7, 11) is 4.70. The molecule has 2 bridgehead atoms. The van der Waals surface area contributed by atoms with Gasteiger partial charge in [0.25, 0.3) is 0 Å². The number of rotatable bonds is 6. The first kappa shape index (κ1) is 25.3. The highest BCUT2D eigenvalue weighted by Crippen LogP contribution is 2.59. The van der Waals surface area contributed by atoms with Crippen LogP contribution in [0.4, 0.5) is 11.4 Å². The van der Waals surface area contributed by atoms with Crippen LogP contribution in [0, 0.1) is 20.8 Å². The number of nitrogens with zero attached hydrogens (tertiary/aromatic N) is 3. The van der Waals surface area contributed by atoms with E-state index in [4.69, 9.17) is 0 Å². The SMILES string of the molecule is CC1(C)[C@H]2CC=C(C[N+](C)(C)Cc3cc(N=Nc4ccccc4Br)ccc3I)[C@@H]1C2.[I-]. The Hall–Kier alpha value is -0.320. The van der Waals surface area contributed by atoms with Crippen LogP contribution < -0.4 is 24.0 Å². The predicted molar refractivity (Wildman–Crippen MR) is 136 cm³/mol. The van der Waals surface area contributed by atoms with Crippen molar-refractivity contribution in [1.82, 2.24) is 0 Å². The average Bonchev–Trinajstić information content (AvgIpc) is 2.69. The van der Waals surface area contributed by atoms with Crippen LogP contribution in [0.3, 0.4) is 0 Å². The number of fused-ring (bicyclic) bond motifs is 1. The van der Waals surface area contributed by atoms with E-state index < -0.39 is 0 Å². The third-order valence-electron chi connectivity index (χ3n) is 6.95. The van der Waals surface area contributed by atoms with Crippen molar-refractivity contribution in [2.24, 2.45) is 27.5 Å². The molecule has 0 saturated heterocycles. The van der Waals surface area contributed by atoms with Gasteiger partial charge in [-0.15, -0.1) is 5.11 Å². The molecule has 5 rings (SSSR count). The van der Waals surface area contributed by atoms with Gasteiger partial charge < -0.3 is 28.5 Å². The van der Waals surface area contributed by atoms with Gasteiger partial charge in [-0.2, -0.15) is 5.11 Å². The largest absolute Gasteiger partial charge is 1.00 e. The molecule has 31 heavy (non-hydrogen) atoms. The lowest BCUT2D eigenvalue weighted by atomic mass is 9.49. The van der Waals surface area contributed by atoms with Crippen LogP contribution in [-0.4, -0.2) is 25.1 Å². The minimum absolute atomic E-state index is 0. The molecule has 2 aromatic rings. The third-order valence-corrected chi connectivity index (χ3v) is 8.67. The number of hydrogen-bond donors (Lipinski definition) is 0. The van der Waals surface area contributed by atoms with E-state index in [-0.39, 0.29) is 24.0 Å². The van der Waals surface area contributed by atoms with Crippen LogP contribution in [-0.2, 0) is 6.54 Å². The molecule has 166 valence electrons. The molecule has 0 unspecified atom stereocenters. The fourth-order valence-electron chi connectivity index (χ4n) is 5.06. The van der Waals surface area contributed by atoms with E-state index in [1.54, 1.807) is 5.57 Å². The number of benzene rings is 2. The highest BCUT2D eigenvalue weighted by atomic mass is 127. The van der Waals surface area contributed by atoms with E-state index in [9.17, 15) is 0 Å². The smallest absolute Gasteiger partial charge is 0.105 e. The minimum Gasteiger partial charge on any atom is -1.00 e. The van der Waals surface area contributed by atoms with E-state index in [0.29, 0.717) is 5.41 Å². The molecule has 0 radical (unpaired) electrons. The lowest BCUT2D eigenvalue weighted by Crippen LogP contribution is -3.00. The first-order valence-electron chi connectivity index (χ1n) is 10.6. The van der Waals surface area contributed by atoms with E-state index in [1.807, 2.05) is 30.3 Å². The summed E-state index contributed by atoms with van der Waals surface area (Å²) in [5, 5.41) is 8.93. The lowest BCUT2D eigenvalue weighted by molar-refractivity contribution is -0.899. The number of hydrogen-bond acceptors (Lipinski definition) is 2. The molecule has 0 N–H and O–H groups in total. The van der Waals surface area contributed by atoms with E-state index >= 15 is 0 Å². The molecule has 3 nitrogen and oxygen atoms in total. The van der Waals surface area contributed by atoms with Crippen LogP contribution in [0.5, 0.6) is 0 Å². The van der Waals surface area contributed by atoms with Crippen molar-refractivity contribution < 1.29 is 28.5 Å². The summed E-state index contributed by atoms with van der Waals surface area (Å²) in [6.45, 7) is 7.03. The van der Waals surface area contributed by atoms with Crippen LogP contribution in [0.2, 0.25) is 0 Å². The molecule has 3 aliphatic carbocycles. The molecule has 0 heterocycles. The van der Waals surface area contributed by atoms with Gasteiger partial charge in [0.2, 0.25) is 0 Å². The Morgan fingerprint density at radius 3 is 2.52 bits per heavy atom. The van der Waals surface area contributed by atoms with Gasteiger partial charge in [-0.25, -0.2) is 0 Å². The van der Waals surface area contributed by atoms with Gasteiger partial charge in [-0.3, -0.25) is 0 Å². The molecule has 6 heteroatoms. The summed E-state index contributed by atoms with van der Waals surface area (Å²) in [4.78, 5) is 0. The van der Waals surface area contributed by atoms with Crippen molar-refractivity contribution in [2.75, 3.05) is 20.6 Å². The molecule has 2 aromatic carbocycles. The van der Waals surface area contributed by atoms with Crippen LogP contribution in [0.15, 0.2) is 68.8 Å². The quantitative estimate of drug-likeness (QED) is 0.174. The van der Waals surface area contributed by atoms with E-state index in [0.717, 1.165) is 45.3 Å². The molecule has 0 aromatic heterocycles. The Morgan fingerprint density at radius 1 is 1.10 bits per heavy atom. The molecule has 0 spiro atoms. The minimum atomic E-state index is 0. The van der Waals surface area contributed by atoms with E-state index in [1.165, 1.54) is 22.0 Å². The predicted octanol–water partition coefficient (Wildman–Crippen LogP) is 5.04. The summed E-state index contributed by atoms with van der Waals surface area (Å²) in [5.74, 6) is 1.67. The molecule has 1 fully saturated rings. The van der Waals surface area contributed by atoms with Gasteiger partial charge in [0.05, 0.1) is 25.5 Å². The highest BCUT2D eigenvalue weighted by Gasteiger charge is 2.52. The van der Waals surface area contributed by atoms with Crippen molar-refractivity contribution in [3.05, 3.63) is 67.7 Å². The van der Waals surface area contributed by atoms with Gasteiger partial charge >= 0.3 is 0 Å². The molecular formula is C25H30BrI2N3. The standard InChI is InChI=1S/C25H30BrIN3.HI/c1-25(2)19-10-9-17(21(25)14-19)15-30(3,4)16-18-13-20(11-12-23(18)27)28-29-24-8-6-5-7-22(24)26;/h5-9,11-13,19,21H,10,14-16H2,1-4H3;1H/q+1;/p-1/t19-,21-;/m0./s1. The van der Waals surface area contributed by atoms with Gasteiger partial charge in [0.15, 0.2) is 0 Å². The maximum Gasteiger partial charge on any atom is 0.105 e. The summed E-state index contributed by atoms with van der Waals surface area (Å²) in [6.07, 6.45) is 5.19. The van der Waals surface area contributed by atoms with Gasteiger partial charge in [-0.05, 0) is 105 Å². The van der Waals surface area contributed by atoms with Crippen molar-refractivity contribution >= 4 is 49.9 Å². The number of quaternary nitrogens is 1. The summed E-state index contributed by atoms with van der Waals surface area (Å²) in [6, 6.07) is 14.3. The molecule has 3 aliphatic rings. The zero-order chi connectivity index (χ0) is 21.5. The molecule has 2 atom stereocenters. The molecule has 0 aliphatic heterocycles. The van der Waals surface area contributed by atoms with Crippen LogP contribution >= 0.6 is 38.5 Å². The summed E-state index contributed by atoms with van der Waals surface area (Å²) < 4.78 is 3.21. The second-order valence-corrected chi connectivity index (χ2v) is 12.0. The number of azo groups is 1. The van der Waals surface area contributed by atoms with Gasteiger partial charge in [0, 0.05) is 13.6 Å². The maximum atomic E-state index is 4.50. The fourth-order valence-corrected chi connectivity index (χ4v) is 5.93. The number of halogens is 3. The highest BCUT2D eigenvalue weighted by molar-refractivity contribution is 14.1. The number of allylic oxidation sites excluding steroid dienone is 1. The molecule has 1 saturated carbocycles. The normalized spacial score (nSPS) is 21.9. The first-order chi connectivity index (χ1) is 14.2. The molecule has 0 amide bonds. The molecular weight excluding hydrogens is 676 g/mol. The summed E-state index contributed by atoms with van der Waals surface area (Å²) >= 11 is 5.98.